The van der Waals surface area contributed by atoms with Crippen LogP contribution in [0.1, 0.15) is 22.5 Å². The van der Waals surface area contributed by atoms with Gasteiger partial charge in [0.25, 0.3) is 0 Å². The van der Waals surface area contributed by atoms with E-state index in [0.717, 1.165) is 13.0 Å². The molecule has 0 saturated carbocycles. The summed E-state index contributed by atoms with van der Waals surface area (Å²) in [4.78, 5) is 21.4. The minimum Gasteiger partial charge on any atom is -0.432 e. The van der Waals surface area contributed by atoms with E-state index in [9.17, 15) is 9.32 Å². The van der Waals surface area contributed by atoms with Crippen molar-refractivity contribution in [1.82, 2.24) is 19.7 Å². The number of halogens is 2. The normalized spacial score (nSPS) is 11.4. The fourth-order valence-electron chi connectivity index (χ4n) is 2.26. The Morgan fingerprint density at radius 1 is 1.48 bits per heavy atom. The number of nitrogens with zero attached hydrogens (tertiary/aromatic N) is 4. The first kappa shape index (κ1) is 17.6. The van der Waals surface area contributed by atoms with Crippen molar-refractivity contribution in [2.24, 2.45) is 0 Å². The van der Waals surface area contributed by atoms with Crippen LogP contribution in [0.4, 0.5) is 4.53 Å². The molecule has 0 aliphatic rings. The highest BCUT2D eigenvalue weighted by Crippen LogP contribution is 2.29. The number of fused-ring (bicyclic) bond motifs is 1. The summed E-state index contributed by atoms with van der Waals surface area (Å²) in [5, 5.41) is 5.20. The maximum atomic E-state index is 11.8. The highest BCUT2D eigenvalue weighted by atomic mass is 35.5. The molecule has 0 atom stereocenters. The summed E-state index contributed by atoms with van der Waals surface area (Å²) in [7, 11) is 4.00. The van der Waals surface area contributed by atoms with Crippen LogP contribution in [-0.2, 0) is 16.2 Å². The second-order valence-corrected chi connectivity index (χ2v) is 5.69. The van der Waals surface area contributed by atoms with Gasteiger partial charge in [0.1, 0.15) is 0 Å². The number of hydrogen-bond acceptors (Lipinski definition) is 6. The van der Waals surface area contributed by atoms with Gasteiger partial charge in [0.2, 0.25) is 6.79 Å². The Morgan fingerprint density at radius 3 is 2.87 bits per heavy atom. The van der Waals surface area contributed by atoms with E-state index >= 15 is 0 Å². The van der Waals surface area contributed by atoms with Crippen LogP contribution in [0, 0.1) is 6.92 Å². The van der Waals surface area contributed by atoms with Gasteiger partial charge >= 0.3 is 5.97 Å². The average molecular weight is 345 g/mol. The first-order chi connectivity index (χ1) is 11.0. The zero-order chi connectivity index (χ0) is 17.0. The first-order valence-corrected chi connectivity index (χ1v) is 7.40. The van der Waals surface area contributed by atoms with E-state index in [0.29, 0.717) is 23.3 Å². The molecule has 2 aromatic rings. The maximum absolute atomic E-state index is 11.8. The molecule has 0 amide bonds. The molecule has 23 heavy (non-hydrogen) atoms. The molecule has 2 rings (SSSR count). The van der Waals surface area contributed by atoms with Crippen LogP contribution >= 0.6 is 11.6 Å². The predicted octanol–water partition coefficient (Wildman–Crippen LogP) is 2.36. The molecule has 0 N–H and O–H groups in total. The van der Waals surface area contributed by atoms with Gasteiger partial charge in [-0.1, -0.05) is 11.6 Å². The van der Waals surface area contributed by atoms with E-state index in [-0.39, 0.29) is 10.6 Å². The average Bonchev–Trinajstić information content (AvgIpc) is 2.82. The zero-order valence-corrected chi connectivity index (χ0v) is 13.9. The second kappa shape index (κ2) is 7.67. The Kier molecular flexibility index (Phi) is 5.86. The molecular formula is C14H18ClFN4O3. The number of aryl methyl sites for hydroxylation is 2. The van der Waals surface area contributed by atoms with Gasteiger partial charge in [0.15, 0.2) is 5.65 Å². The standard InChI is InChI=1S/C14H18ClFN4O3/c1-9-11-12(15)10(14(21)22-8-23-16)7-17-13(11)20(18-9)6-4-5-19(2)3/h7H,4-6,8H2,1-3H3. The molecule has 0 saturated heterocycles. The number of pyridine rings is 1. The van der Waals surface area contributed by atoms with Crippen molar-refractivity contribution < 1.29 is 19.0 Å². The van der Waals surface area contributed by atoms with E-state index in [1.165, 1.54) is 6.20 Å². The van der Waals surface area contributed by atoms with Crippen LogP contribution in [0.2, 0.25) is 5.02 Å². The third-order valence-electron chi connectivity index (χ3n) is 3.30. The molecule has 126 valence electrons. The second-order valence-electron chi connectivity index (χ2n) is 5.31. The van der Waals surface area contributed by atoms with Gasteiger partial charge in [-0.25, -0.2) is 14.5 Å². The van der Waals surface area contributed by atoms with E-state index in [4.69, 9.17) is 11.6 Å². The quantitative estimate of drug-likeness (QED) is 0.567. The molecule has 2 aromatic heterocycles. The van der Waals surface area contributed by atoms with E-state index in [1.807, 2.05) is 14.1 Å². The van der Waals surface area contributed by atoms with E-state index in [2.05, 4.69) is 24.7 Å². The third kappa shape index (κ3) is 3.95. The van der Waals surface area contributed by atoms with Crippen LogP contribution < -0.4 is 0 Å². The molecule has 2 heterocycles. The summed E-state index contributed by atoms with van der Waals surface area (Å²) in [6.45, 7) is 2.60. The van der Waals surface area contributed by atoms with Gasteiger partial charge < -0.3 is 9.64 Å². The molecule has 0 aliphatic heterocycles. The van der Waals surface area contributed by atoms with Crippen LogP contribution in [0.5, 0.6) is 0 Å². The molecule has 0 radical (unpaired) electrons. The Morgan fingerprint density at radius 2 is 2.22 bits per heavy atom. The Bertz CT molecular complexity index is 705. The molecule has 0 bridgehead atoms. The van der Waals surface area contributed by atoms with Gasteiger partial charge in [-0.05, 0) is 38.5 Å². The lowest BCUT2D eigenvalue weighted by atomic mass is 10.2. The van der Waals surface area contributed by atoms with Crippen molar-refractivity contribution in [3.05, 3.63) is 22.5 Å². The zero-order valence-electron chi connectivity index (χ0n) is 13.2. The summed E-state index contributed by atoms with van der Waals surface area (Å²) in [5.74, 6) is -0.804. The monoisotopic (exact) mass is 344 g/mol. The van der Waals surface area contributed by atoms with Crippen molar-refractivity contribution in [2.75, 3.05) is 27.4 Å². The molecule has 0 aliphatic carbocycles. The van der Waals surface area contributed by atoms with E-state index < -0.39 is 12.8 Å². The van der Waals surface area contributed by atoms with Gasteiger partial charge in [0, 0.05) is 12.7 Å². The fraction of sp³-hybridized carbons (Fsp3) is 0.500. The van der Waals surface area contributed by atoms with Crippen molar-refractivity contribution in [3.8, 4) is 0 Å². The van der Waals surface area contributed by atoms with Gasteiger partial charge in [-0.3, -0.25) is 0 Å². The molecule has 9 heteroatoms. The van der Waals surface area contributed by atoms with Gasteiger partial charge in [0.05, 0.1) is 21.7 Å². The molecule has 0 fully saturated rings. The topological polar surface area (TPSA) is 69.5 Å². The molecule has 7 nitrogen and oxygen atoms in total. The van der Waals surface area contributed by atoms with Gasteiger partial charge in [-0.15, -0.1) is 0 Å². The Labute approximate surface area is 137 Å². The van der Waals surface area contributed by atoms with Crippen molar-refractivity contribution in [1.29, 1.82) is 0 Å². The summed E-state index contributed by atoms with van der Waals surface area (Å²) in [5.41, 5.74) is 1.32. The molecule has 0 spiro atoms. The number of carbonyl (C=O) groups is 1. The number of rotatable bonds is 7. The highest BCUT2D eigenvalue weighted by molar-refractivity contribution is 6.38. The highest BCUT2D eigenvalue weighted by Gasteiger charge is 2.20. The summed E-state index contributed by atoms with van der Waals surface area (Å²) in [6, 6.07) is 0. The molecular weight excluding hydrogens is 327 g/mol. The lowest BCUT2D eigenvalue weighted by Crippen LogP contribution is -2.15. The van der Waals surface area contributed by atoms with Crippen molar-refractivity contribution >= 4 is 28.6 Å². The number of carbonyl (C=O) groups excluding carboxylic acids is 1. The predicted molar refractivity (Wildman–Crippen MR) is 82.9 cm³/mol. The van der Waals surface area contributed by atoms with Gasteiger partial charge in [-0.2, -0.15) is 10.0 Å². The Hall–Kier alpha value is -1.77. The Balaban J connectivity index is 2.31. The largest absolute Gasteiger partial charge is 0.432 e. The lowest BCUT2D eigenvalue weighted by Gasteiger charge is -2.09. The molecule has 0 aromatic carbocycles. The van der Waals surface area contributed by atoms with E-state index in [1.54, 1.807) is 11.6 Å². The van der Waals surface area contributed by atoms with Crippen LogP contribution in [0.15, 0.2) is 6.20 Å². The first-order valence-electron chi connectivity index (χ1n) is 7.02. The van der Waals surface area contributed by atoms with Crippen LogP contribution in [-0.4, -0.2) is 53.1 Å². The smallest absolute Gasteiger partial charge is 0.343 e. The third-order valence-corrected chi connectivity index (χ3v) is 3.69. The van der Waals surface area contributed by atoms with Crippen molar-refractivity contribution in [3.63, 3.8) is 0 Å². The minimum absolute atomic E-state index is 0.0483. The lowest BCUT2D eigenvalue weighted by molar-refractivity contribution is -0.194. The summed E-state index contributed by atoms with van der Waals surface area (Å²) in [6.07, 6.45) is 2.20. The maximum Gasteiger partial charge on any atom is 0.343 e. The van der Waals surface area contributed by atoms with Crippen molar-refractivity contribution in [2.45, 2.75) is 19.9 Å². The minimum atomic E-state index is -0.804. The number of esters is 1. The number of aromatic nitrogens is 3. The number of hydrogen-bond donors (Lipinski definition) is 0. The number of ether oxygens (including phenoxy) is 1. The summed E-state index contributed by atoms with van der Waals surface area (Å²) >= 11 is 6.28. The fourth-order valence-corrected chi connectivity index (χ4v) is 2.61. The SMILES string of the molecule is Cc1nn(CCCN(C)C)c2ncc(C(=O)OCOF)c(Cl)c12. The molecule has 0 unspecified atom stereocenters. The van der Waals surface area contributed by atoms with Crippen LogP contribution in [0.25, 0.3) is 11.0 Å². The van der Waals surface area contributed by atoms with Crippen LogP contribution in [0.3, 0.4) is 0 Å². The summed E-state index contributed by atoms with van der Waals surface area (Å²) < 4.78 is 17.9.